The van der Waals surface area contributed by atoms with Gasteiger partial charge in [-0.3, -0.25) is 4.72 Å². The number of aryl methyl sites for hydroxylation is 2. The van der Waals surface area contributed by atoms with Crippen molar-refractivity contribution < 1.29 is 18.3 Å². The lowest BCUT2D eigenvalue weighted by Gasteiger charge is -2.13. The van der Waals surface area contributed by atoms with Crippen molar-refractivity contribution in [3.05, 3.63) is 95.1 Å². The van der Waals surface area contributed by atoms with Gasteiger partial charge in [0, 0.05) is 0 Å². The normalized spacial score (nSPS) is 11.5. The molecule has 0 heterocycles. The van der Waals surface area contributed by atoms with Gasteiger partial charge < -0.3 is 5.11 Å². The number of para-hydroxylation sites is 1. The highest BCUT2D eigenvalue weighted by molar-refractivity contribution is 7.92. The van der Waals surface area contributed by atoms with Gasteiger partial charge in [0.15, 0.2) is 0 Å². The molecule has 0 atom stereocenters. The van der Waals surface area contributed by atoms with E-state index in [1.807, 2.05) is 30.3 Å². The Labute approximate surface area is 183 Å². The number of anilines is 1. The van der Waals surface area contributed by atoms with Gasteiger partial charge in [-0.05, 0) is 72.2 Å². The van der Waals surface area contributed by atoms with E-state index in [2.05, 4.69) is 18.6 Å². The highest BCUT2D eigenvalue weighted by Crippen LogP contribution is 2.23. The van der Waals surface area contributed by atoms with Crippen molar-refractivity contribution in [2.24, 2.45) is 0 Å². The van der Waals surface area contributed by atoms with Gasteiger partial charge in [0.1, 0.15) is 0 Å². The molecular weight excluding hydrogens is 410 g/mol. The minimum Gasteiger partial charge on any atom is -0.478 e. The third kappa shape index (κ3) is 5.95. The molecule has 0 aliphatic carbocycles. The first-order chi connectivity index (χ1) is 14.8. The summed E-state index contributed by atoms with van der Waals surface area (Å²) >= 11 is 0. The molecule has 0 unspecified atom stereocenters. The molecule has 3 rings (SSSR count). The summed E-state index contributed by atoms with van der Waals surface area (Å²) in [6, 6.07) is 21.2. The molecule has 0 bridgehead atoms. The van der Waals surface area contributed by atoms with E-state index in [1.54, 1.807) is 42.5 Å². The summed E-state index contributed by atoms with van der Waals surface area (Å²) < 4.78 is 28.4. The number of benzene rings is 3. The minimum absolute atomic E-state index is 0.234. The summed E-state index contributed by atoms with van der Waals surface area (Å²) in [5.74, 6) is -0.607. The summed E-state index contributed by atoms with van der Waals surface area (Å²) in [6.07, 6.45) is 2.14. The van der Waals surface area contributed by atoms with Crippen molar-refractivity contribution in [2.75, 3.05) is 4.72 Å². The van der Waals surface area contributed by atoms with Crippen LogP contribution in [0.4, 0.5) is 5.69 Å². The first-order valence-electron chi connectivity index (χ1n) is 10.3. The van der Waals surface area contributed by atoms with E-state index in [1.165, 1.54) is 0 Å². The molecular formula is C25H27NO4S. The molecule has 0 aliphatic rings. The Balaban J connectivity index is 1.70. The zero-order chi connectivity index (χ0) is 22.4. The zero-order valence-corrected chi connectivity index (χ0v) is 18.5. The number of nitrogens with one attached hydrogen (secondary N) is 1. The van der Waals surface area contributed by atoms with Crippen LogP contribution in [0.3, 0.4) is 0 Å². The predicted octanol–water partition coefficient (Wildman–Crippen LogP) is 5.48. The topological polar surface area (TPSA) is 83.5 Å². The number of carbonyl (C=O) groups is 1. The van der Waals surface area contributed by atoms with E-state index in [4.69, 9.17) is 5.11 Å². The van der Waals surface area contributed by atoms with E-state index in [0.29, 0.717) is 24.4 Å². The maximum absolute atomic E-state index is 12.9. The van der Waals surface area contributed by atoms with E-state index in [-0.39, 0.29) is 10.5 Å². The van der Waals surface area contributed by atoms with Crippen molar-refractivity contribution in [1.29, 1.82) is 0 Å². The lowest BCUT2D eigenvalue weighted by Crippen LogP contribution is -2.14. The van der Waals surface area contributed by atoms with Crippen molar-refractivity contribution in [3.8, 4) is 0 Å². The molecule has 0 fully saturated rings. The molecule has 31 heavy (non-hydrogen) atoms. The molecule has 5 nitrogen and oxygen atoms in total. The molecule has 0 spiro atoms. The van der Waals surface area contributed by atoms with Gasteiger partial charge in [0.2, 0.25) is 0 Å². The molecule has 3 aromatic carbocycles. The van der Waals surface area contributed by atoms with E-state index >= 15 is 0 Å². The van der Waals surface area contributed by atoms with Crippen LogP contribution < -0.4 is 4.72 Å². The van der Waals surface area contributed by atoms with Crippen molar-refractivity contribution >= 4 is 21.7 Å². The summed E-state index contributed by atoms with van der Waals surface area (Å²) in [4.78, 5) is 11.4. The number of sulfonamides is 1. The fourth-order valence-electron chi connectivity index (χ4n) is 3.42. The zero-order valence-electron chi connectivity index (χ0n) is 17.7. The van der Waals surface area contributed by atoms with Gasteiger partial charge in [-0.15, -0.1) is 0 Å². The average Bonchev–Trinajstić information content (AvgIpc) is 2.75. The molecule has 3 aromatic rings. The van der Waals surface area contributed by atoms with Crippen molar-refractivity contribution in [2.45, 2.75) is 43.9 Å². The largest absolute Gasteiger partial charge is 0.478 e. The number of hydrogen-bond acceptors (Lipinski definition) is 3. The standard InChI is InChI=1S/C25H27NO4S/c1-18(2)20-13-15-23(16-14-20)31(29,30)26-24-12-4-3-9-21(24)10-5-7-19-8-6-11-22(17-19)25(27)28/h3-4,6,8-9,11-18,26H,5,7,10H2,1-2H3,(H,27,28). The number of carboxylic acids is 1. The molecule has 0 aromatic heterocycles. The highest BCUT2D eigenvalue weighted by atomic mass is 32.2. The average molecular weight is 438 g/mol. The van der Waals surface area contributed by atoms with Crippen LogP contribution in [0.15, 0.2) is 77.7 Å². The molecule has 162 valence electrons. The third-order valence-electron chi connectivity index (χ3n) is 5.20. The summed E-state index contributed by atoms with van der Waals surface area (Å²) in [5.41, 5.74) is 3.78. The Bertz CT molecular complexity index is 1150. The van der Waals surface area contributed by atoms with Gasteiger partial charge in [-0.25, -0.2) is 13.2 Å². The molecule has 0 saturated heterocycles. The molecule has 6 heteroatoms. The molecule has 2 N–H and O–H groups in total. The second kappa shape index (κ2) is 9.79. The maximum atomic E-state index is 12.9. The number of rotatable bonds is 9. The van der Waals surface area contributed by atoms with Gasteiger partial charge in [-0.1, -0.05) is 56.3 Å². The van der Waals surface area contributed by atoms with Crippen molar-refractivity contribution in [1.82, 2.24) is 0 Å². The SMILES string of the molecule is CC(C)c1ccc(S(=O)(=O)Nc2ccccc2CCCc2cccc(C(=O)O)c2)cc1. The second-order valence-electron chi connectivity index (χ2n) is 7.85. The summed E-state index contributed by atoms with van der Waals surface area (Å²) in [7, 11) is -3.69. The number of aromatic carboxylic acids is 1. The molecule has 0 saturated carbocycles. The second-order valence-corrected chi connectivity index (χ2v) is 9.53. The summed E-state index contributed by atoms with van der Waals surface area (Å²) in [6.45, 7) is 4.13. The van der Waals surface area contributed by atoms with Gasteiger partial charge in [0.05, 0.1) is 16.1 Å². The Morgan fingerprint density at radius 2 is 1.65 bits per heavy atom. The minimum atomic E-state index is -3.69. The number of hydrogen-bond donors (Lipinski definition) is 2. The van der Waals surface area contributed by atoms with Crippen LogP contribution in [0.1, 0.15) is 53.2 Å². The quantitative estimate of drug-likeness (QED) is 0.464. The summed E-state index contributed by atoms with van der Waals surface area (Å²) in [5, 5.41) is 9.13. The van der Waals surface area contributed by atoms with Crippen LogP contribution in [0.25, 0.3) is 0 Å². The van der Waals surface area contributed by atoms with E-state index < -0.39 is 16.0 Å². The van der Waals surface area contributed by atoms with Crippen LogP contribution in [0, 0.1) is 0 Å². The van der Waals surface area contributed by atoms with E-state index in [9.17, 15) is 13.2 Å². The van der Waals surface area contributed by atoms with Crippen LogP contribution in [0.5, 0.6) is 0 Å². The van der Waals surface area contributed by atoms with Crippen LogP contribution >= 0.6 is 0 Å². The predicted molar refractivity (Wildman–Crippen MR) is 123 cm³/mol. The van der Waals surface area contributed by atoms with Crippen LogP contribution in [-0.4, -0.2) is 19.5 Å². The Kier molecular flexibility index (Phi) is 7.13. The van der Waals surface area contributed by atoms with Gasteiger partial charge >= 0.3 is 5.97 Å². The Hall–Kier alpha value is -3.12. The lowest BCUT2D eigenvalue weighted by atomic mass is 10.0. The fraction of sp³-hybridized carbons (Fsp3) is 0.240. The van der Waals surface area contributed by atoms with Gasteiger partial charge in [0.25, 0.3) is 10.0 Å². The fourth-order valence-corrected chi connectivity index (χ4v) is 4.52. The lowest BCUT2D eigenvalue weighted by molar-refractivity contribution is 0.0696. The molecule has 0 radical (unpaired) electrons. The number of carboxylic acid groups (broad SMARTS) is 1. The van der Waals surface area contributed by atoms with Crippen molar-refractivity contribution in [3.63, 3.8) is 0 Å². The molecule has 0 amide bonds. The third-order valence-corrected chi connectivity index (χ3v) is 6.59. The Morgan fingerprint density at radius 3 is 2.32 bits per heavy atom. The van der Waals surface area contributed by atoms with Crippen LogP contribution in [0.2, 0.25) is 0 Å². The van der Waals surface area contributed by atoms with Gasteiger partial charge in [-0.2, -0.15) is 0 Å². The highest BCUT2D eigenvalue weighted by Gasteiger charge is 2.16. The van der Waals surface area contributed by atoms with Crippen LogP contribution in [-0.2, 0) is 22.9 Å². The first-order valence-corrected chi connectivity index (χ1v) is 11.8. The van der Waals surface area contributed by atoms with E-state index in [0.717, 1.165) is 23.1 Å². The maximum Gasteiger partial charge on any atom is 0.335 e. The first kappa shape index (κ1) is 22.6. The smallest absolute Gasteiger partial charge is 0.335 e. The Morgan fingerprint density at radius 1 is 0.935 bits per heavy atom. The molecule has 0 aliphatic heterocycles. The monoisotopic (exact) mass is 437 g/mol.